The van der Waals surface area contributed by atoms with Crippen molar-refractivity contribution in [2.75, 3.05) is 0 Å². The fourth-order valence-electron chi connectivity index (χ4n) is 2.62. The SMILES string of the molecule is O=C1C[C@@H](NCc2ccc(F)cc2)C(=O)N1Cc1ccccc1. The van der Waals surface area contributed by atoms with Crippen LogP contribution in [0.4, 0.5) is 4.39 Å². The molecule has 0 radical (unpaired) electrons. The van der Waals surface area contributed by atoms with Crippen molar-refractivity contribution in [3.05, 3.63) is 71.5 Å². The molecule has 0 aromatic heterocycles. The second-order valence-electron chi connectivity index (χ2n) is 5.57. The average molecular weight is 312 g/mol. The highest BCUT2D eigenvalue weighted by Crippen LogP contribution is 2.17. The summed E-state index contributed by atoms with van der Waals surface area (Å²) in [6, 6.07) is 15.0. The number of nitrogens with one attached hydrogen (secondary N) is 1. The van der Waals surface area contributed by atoms with E-state index >= 15 is 0 Å². The Hall–Kier alpha value is -2.53. The van der Waals surface area contributed by atoms with Crippen LogP contribution in [0.1, 0.15) is 17.5 Å². The lowest BCUT2D eigenvalue weighted by Gasteiger charge is -2.15. The van der Waals surface area contributed by atoms with Gasteiger partial charge in [0.2, 0.25) is 11.8 Å². The molecule has 0 bridgehead atoms. The first-order valence-corrected chi connectivity index (χ1v) is 7.49. The summed E-state index contributed by atoms with van der Waals surface area (Å²) in [5, 5.41) is 3.08. The molecule has 1 fully saturated rings. The third kappa shape index (κ3) is 3.63. The molecule has 0 aliphatic carbocycles. The Labute approximate surface area is 133 Å². The van der Waals surface area contributed by atoms with E-state index in [2.05, 4.69) is 5.32 Å². The van der Waals surface area contributed by atoms with Crippen molar-refractivity contribution >= 4 is 11.8 Å². The van der Waals surface area contributed by atoms with Gasteiger partial charge < -0.3 is 5.32 Å². The van der Waals surface area contributed by atoms with Gasteiger partial charge in [0.1, 0.15) is 5.82 Å². The smallest absolute Gasteiger partial charge is 0.247 e. The Morgan fingerprint density at radius 1 is 1.00 bits per heavy atom. The van der Waals surface area contributed by atoms with Crippen molar-refractivity contribution in [2.24, 2.45) is 0 Å². The molecule has 23 heavy (non-hydrogen) atoms. The molecule has 2 aromatic carbocycles. The monoisotopic (exact) mass is 312 g/mol. The maximum Gasteiger partial charge on any atom is 0.247 e. The number of rotatable bonds is 5. The molecule has 2 amide bonds. The van der Waals surface area contributed by atoms with Crippen molar-refractivity contribution in [3.8, 4) is 0 Å². The topological polar surface area (TPSA) is 49.4 Å². The molecule has 1 heterocycles. The maximum absolute atomic E-state index is 12.9. The molecule has 2 aromatic rings. The van der Waals surface area contributed by atoms with Crippen LogP contribution in [0.15, 0.2) is 54.6 Å². The largest absolute Gasteiger partial charge is 0.301 e. The van der Waals surface area contributed by atoms with Crippen molar-refractivity contribution < 1.29 is 14.0 Å². The summed E-state index contributed by atoms with van der Waals surface area (Å²) in [5.74, 6) is -0.675. The van der Waals surface area contributed by atoms with Crippen molar-refractivity contribution in [3.63, 3.8) is 0 Å². The molecule has 3 rings (SSSR count). The van der Waals surface area contributed by atoms with Gasteiger partial charge in [-0.1, -0.05) is 42.5 Å². The van der Waals surface area contributed by atoms with Gasteiger partial charge in [-0.05, 0) is 23.3 Å². The Morgan fingerprint density at radius 2 is 1.70 bits per heavy atom. The van der Waals surface area contributed by atoms with Crippen LogP contribution < -0.4 is 5.32 Å². The molecule has 1 saturated heterocycles. The van der Waals surface area contributed by atoms with Crippen LogP contribution >= 0.6 is 0 Å². The van der Waals surface area contributed by atoms with Crippen molar-refractivity contribution in [1.29, 1.82) is 0 Å². The zero-order chi connectivity index (χ0) is 16.2. The first-order chi connectivity index (χ1) is 11.1. The summed E-state index contributed by atoms with van der Waals surface area (Å²) in [6.07, 6.45) is 0.160. The van der Waals surface area contributed by atoms with Gasteiger partial charge in [0, 0.05) is 6.54 Å². The number of likely N-dealkylation sites (tertiary alicyclic amines) is 1. The van der Waals surface area contributed by atoms with E-state index in [-0.39, 0.29) is 24.1 Å². The summed E-state index contributed by atoms with van der Waals surface area (Å²) in [6.45, 7) is 0.719. The molecular formula is C18H17FN2O2. The third-order valence-corrected chi connectivity index (χ3v) is 3.89. The summed E-state index contributed by atoms with van der Waals surface area (Å²) >= 11 is 0. The Morgan fingerprint density at radius 3 is 2.39 bits per heavy atom. The summed E-state index contributed by atoms with van der Waals surface area (Å²) < 4.78 is 12.9. The quantitative estimate of drug-likeness (QED) is 0.862. The van der Waals surface area contributed by atoms with E-state index in [9.17, 15) is 14.0 Å². The van der Waals surface area contributed by atoms with Crippen LogP contribution in [-0.2, 0) is 22.7 Å². The number of halogens is 1. The van der Waals surface area contributed by atoms with Gasteiger partial charge >= 0.3 is 0 Å². The number of carbonyl (C=O) groups is 2. The predicted octanol–water partition coefficient (Wildman–Crippen LogP) is 2.24. The van der Waals surface area contributed by atoms with E-state index in [0.29, 0.717) is 13.1 Å². The predicted molar refractivity (Wildman–Crippen MR) is 83.6 cm³/mol. The highest BCUT2D eigenvalue weighted by Gasteiger charge is 2.37. The van der Waals surface area contributed by atoms with Crippen LogP contribution in [0.2, 0.25) is 0 Å². The molecule has 1 atom stereocenters. The van der Waals surface area contributed by atoms with Crippen LogP contribution in [0.3, 0.4) is 0 Å². The molecule has 0 unspecified atom stereocenters. The van der Waals surface area contributed by atoms with Gasteiger partial charge in [-0.25, -0.2) is 4.39 Å². The Bertz CT molecular complexity index is 701. The van der Waals surface area contributed by atoms with E-state index in [4.69, 9.17) is 0 Å². The van der Waals surface area contributed by atoms with E-state index in [1.807, 2.05) is 30.3 Å². The molecule has 5 heteroatoms. The van der Waals surface area contributed by atoms with Gasteiger partial charge in [-0.3, -0.25) is 14.5 Å². The number of benzene rings is 2. The molecule has 4 nitrogen and oxygen atoms in total. The second-order valence-corrected chi connectivity index (χ2v) is 5.57. The Kier molecular flexibility index (Phi) is 4.48. The number of amides is 2. The third-order valence-electron chi connectivity index (χ3n) is 3.89. The lowest BCUT2D eigenvalue weighted by molar-refractivity contribution is -0.139. The summed E-state index contributed by atoms with van der Waals surface area (Å²) in [7, 11) is 0. The number of carbonyl (C=O) groups excluding carboxylic acids is 2. The zero-order valence-corrected chi connectivity index (χ0v) is 12.5. The molecular weight excluding hydrogens is 295 g/mol. The number of nitrogens with zero attached hydrogens (tertiary/aromatic N) is 1. The van der Waals surface area contributed by atoms with Crippen molar-refractivity contribution in [1.82, 2.24) is 10.2 Å². The molecule has 1 aliphatic rings. The first kappa shape index (κ1) is 15.4. The van der Waals surface area contributed by atoms with Gasteiger partial charge in [-0.2, -0.15) is 0 Å². The van der Waals surface area contributed by atoms with Gasteiger partial charge in [0.15, 0.2) is 0 Å². The molecule has 0 saturated carbocycles. The lowest BCUT2D eigenvalue weighted by Crippen LogP contribution is -2.38. The van der Waals surface area contributed by atoms with Gasteiger partial charge in [0.25, 0.3) is 0 Å². The van der Waals surface area contributed by atoms with Crippen LogP contribution in [0.25, 0.3) is 0 Å². The average Bonchev–Trinajstić information content (AvgIpc) is 2.83. The van der Waals surface area contributed by atoms with E-state index < -0.39 is 6.04 Å². The fourth-order valence-corrected chi connectivity index (χ4v) is 2.62. The van der Waals surface area contributed by atoms with E-state index in [1.54, 1.807) is 12.1 Å². The molecule has 1 N–H and O–H groups in total. The van der Waals surface area contributed by atoms with Crippen molar-refractivity contribution in [2.45, 2.75) is 25.6 Å². The second kappa shape index (κ2) is 6.71. The lowest BCUT2D eigenvalue weighted by atomic mass is 10.2. The number of imide groups is 1. The van der Waals surface area contributed by atoms with E-state index in [0.717, 1.165) is 11.1 Å². The minimum Gasteiger partial charge on any atom is -0.301 e. The van der Waals surface area contributed by atoms with Crippen LogP contribution in [0.5, 0.6) is 0 Å². The van der Waals surface area contributed by atoms with Gasteiger partial charge in [-0.15, -0.1) is 0 Å². The zero-order valence-electron chi connectivity index (χ0n) is 12.5. The van der Waals surface area contributed by atoms with Crippen LogP contribution in [-0.4, -0.2) is 22.8 Å². The summed E-state index contributed by atoms with van der Waals surface area (Å²) in [4.78, 5) is 25.7. The number of hydrogen-bond donors (Lipinski definition) is 1. The molecule has 118 valence electrons. The van der Waals surface area contributed by atoms with Gasteiger partial charge in [0.05, 0.1) is 19.0 Å². The van der Waals surface area contributed by atoms with E-state index in [1.165, 1.54) is 17.0 Å². The maximum atomic E-state index is 12.9. The Balaban J connectivity index is 1.60. The highest BCUT2D eigenvalue weighted by molar-refractivity contribution is 6.05. The minimum absolute atomic E-state index is 0.160. The standard InChI is InChI=1S/C18H17FN2O2/c19-15-8-6-13(7-9-15)11-20-16-10-17(22)21(18(16)23)12-14-4-2-1-3-5-14/h1-9,16,20H,10-12H2/t16-/m1/s1. The van der Waals surface area contributed by atoms with Crippen LogP contribution in [0, 0.1) is 5.82 Å². The minimum atomic E-state index is -0.517. The fraction of sp³-hybridized carbons (Fsp3) is 0.222. The first-order valence-electron chi connectivity index (χ1n) is 7.49. The summed E-state index contributed by atoms with van der Waals surface area (Å²) in [5.41, 5.74) is 1.79. The highest BCUT2D eigenvalue weighted by atomic mass is 19.1. The normalized spacial score (nSPS) is 17.8. The number of hydrogen-bond acceptors (Lipinski definition) is 3. The molecule has 1 aliphatic heterocycles. The molecule has 0 spiro atoms.